The summed E-state index contributed by atoms with van der Waals surface area (Å²) in [5.74, 6) is -0.531. The molecule has 0 spiro atoms. The monoisotopic (exact) mass is 665 g/mol. The Labute approximate surface area is 288 Å². The molecule has 4 N–H and O–H groups in total. The second-order valence-electron chi connectivity index (χ2n) is 12.7. The fourth-order valence-corrected chi connectivity index (χ4v) is 6.18. The van der Waals surface area contributed by atoms with Crippen LogP contribution in [0.25, 0.3) is 11.1 Å². The zero-order chi connectivity index (χ0) is 34.6. The largest absolute Gasteiger partial charge is 0.392 e. The molecule has 1 saturated heterocycles. The maximum Gasteiger partial charge on any atom is 0.243 e. The van der Waals surface area contributed by atoms with Crippen LogP contribution in [0.1, 0.15) is 85.3 Å². The summed E-state index contributed by atoms with van der Waals surface area (Å²) in [5.41, 5.74) is 8.74. The maximum absolute atomic E-state index is 12.5. The third kappa shape index (κ3) is 10.1. The first kappa shape index (κ1) is 35.9. The highest BCUT2D eigenvalue weighted by molar-refractivity contribution is 5.77. The number of ether oxygens (including phenoxy) is 2. The number of hydroxylamine groups is 1. The predicted molar refractivity (Wildman–Crippen MR) is 188 cm³/mol. The van der Waals surface area contributed by atoms with Gasteiger partial charge in [0.25, 0.3) is 0 Å². The number of unbranched alkanes of at least 4 members (excludes halogenated alkanes) is 1. The van der Waals surface area contributed by atoms with Crippen molar-refractivity contribution in [3.05, 3.63) is 131 Å². The smallest absolute Gasteiger partial charge is 0.243 e. The van der Waals surface area contributed by atoms with E-state index in [0.717, 1.165) is 39.9 Å². The van der Waals surface area contributed by atoms with Crippen LogP contribution in [-0.2, 0) is 32.2 Å². The molecule has 9 nitrogen and oxygen atoms in total. The number of nitrogens with zero attached hydrogens (tertiary/aromatic N) is 1. The fourth-order valence-electron chi connectivity index (χ4n) is 6.18. The first-order valence-corrected chi connectivity index (χ1v) is 17.0. The average molecular weight is 666 g/mol. The van der Waals surface area contributed by atoms with Crippen LogP contribution in [0.5, 0.6) is 0 Å². The first-order valence-electron chi connectivity index (χ1n) is 17.0. The molecule has 0 aliphatic carbocycles. The summed E-state index contributed by atoms with van der Waals surface area (Å²) in [6, 6.07) is 34.8. The van der Waals surface area contributed by atoms with Gasteiger partial charge in [0, 0.05) is 44.0 Å². The summed E-state index contributed by atoms with van der Waals surface area (Å²) >= 11 is 0. The van der Waals surface area contributed by atoms with Crippen LogP contribution in [0.4, 0.5) is 0 Å². The van der Waals surface area contributed by atoms with E-state index in [1.165, 1.54) is 5.56 Å². The van der Waals surface area contributed by atoms with Crippen molar-refractivity contribution in [2.24, 2.45) is 0 Å². The Bertz CT molecular complexity index is 1630. The van der Waals surface area contributed by atoms with Crippen molar-refractivity contribution in [3.63, 3.8) is 0 Å². The molecule has 5 rings (SSSR count). The molecule has 9 heteroatoms. The van der Waals surface area contributed by atoms with Crippen molar-refractivity contribution < 1.29 is 29.4 Å². The Hall–Kier alpha value is -4.38. The molecule has 0 aromatic heterocycles. The number of benzene rings is 4. The fraction of sp³-hybridized carbons (Fsp3) is 0.350. The SMILES string of the molecule is C[C@@H](c1ccccc1)N(C)C[C@H]1C[C@@H](c2ccc(CO)cc2)O[C@@H](c2ccc(-c3ccccc3CNC(=O)CCCCC(=O)NO)cc2)O1. The number of likely N-dealkylation sites (N-methyl/N-ethyl adjacent to an activating group) is 1. The molecule has 4 aromatic carbocycles. The summed E-state index contributed by atoms with van der Waals surface area (Å²) in [6.45, 7) is 3.32. The van der Waals surface area contributed by atoms with Gasteiger partial charge in [-0.05, 0) is 60.2 Å². The van der Waals surface area contributed by atoms with Crippen LogP contribution in [0.3, 0.4) is 0 Å². The van der Waals surface area contributed by atoms with Crippen LogP contribution < -0.4 is 10.8 Å². The van der Waals surface area contributed by atoms with Gasteiger partial charge in [0.1, 0.15) is 0 Å². The van der Waals surface area contributed by atoms with Crippen molar-refractivity contribution in [1.29, 1.82) is 0 Å². The lowest BCUT2D eigenvalue weighted by molar-refractivity contribution is -0.253. The highest BCUT2D eigenvalue weighted by Crippen LogP contribution is 2.39. The Balaban J connectivity index is 1.27. The Morgan fingerprint density at radius 3 is 2.18 bits per heavy atom. The summed E-state index contributed by atoms with van der Waals surface area (Å²) in [4.78, 5) is 26.0. The lowest BCUT2D eigenvalue weighted by Crippen LogP contribution is -2.38. The second-order valence-corrected chi connectivity index (χ2v) is 12.7. The summed E-state index contributed by atoms with van der Waals surface area (Å²) in [5, 5.41) is 21.2. The van der Waals surface area contributed by atoms with Gasteiger partial charge in [-0.3, -0.25) is 19.7 Å². The number of nitrogens with one attached hydrogen (secondary N) is 2. The van der Waals surface area contributed by atoms with Crippen LogP contribution in [0.2, 0.25) is 0 Å². The predicted octanol–water partition coefficient (Wildman–Crippen LogP) is 6.77. The highest BCUT2D eigenvalue weighted by Gasteiger charge is 2.33. The van der Waals surface area contributed by atoms with Gasteiger partial charge in [-0.15, -0.1) is 0 Å². The average Bonchev–Trinajstić information content (AvgIpc) is 3.15. The molecule has 2 amide bonds. The zero-order valence-corrected chi connectivity index (χ0v) is 28.3. The normalized spacial score (nSPS) is 18.2. The molecule has 0 saturated carbocycles. The van der Waals surface area contributed by atoms with E-state index in [0.29, 0.717) is 32.2 Å². The minimum atomic E-state index is -0.561. The minimum Gasteiger partial charge on any atom is -0.392 e. The van der Waals surface area contributed by atoms with Crippen molar-refractivity contribution in [2.45, 2.75) is 76.7 Å². The molecule has 0 bridgehead atoms. The molecule has 258 valence electrons. The quantitative estimate of drug-likeness (QED) is 0.0629. The van der Waals surface area contributed by atoms with Crippen molar-refractivity contribution >= 4 is 11.8 Å². The number of carbonyl (C=O) groups is 2. The van der Waals surface area contributed by atoms with Crippen LogP contribution in [0, 0.1) is 0 Å². The van der Waals surface area contributed by atoms with E-state index in [1.807, 2.05) is 66.7 Å². The Kier molecular flexibility index (Phi) is 13.1. The zero-order valence-electron chi connectivity index (χ0n) is 28.3. The summed E-state index contributed by atoms with van der Waals surface area (Å²) < 4.78 is 13.2. The van der Waals surface area contributed by atoms with E-state index in [-0.39, 0.29) is 37.2 Å². The Morgan fingerprint density at radius 2 is 1.49 bits per heavy atom. The van der Waals surface area contributed by atoms with Crippen molar-refractivity contribution in [3.8, 4) is 11.1 Å². The molecule has 1 aliphatic rings. The van der Waals surface area contributed by atoms with Gasteiger partial charge in [-0.2, -0.15) is 0 Å². The van der Waals surface area contributed by atoms with Crippen molar-refractivity contribution in [1.82, 2.24) is 15.7 Å². The van der Waals surface area contributed by atoms with Crippen LogP contribution in [0.15, 0.2) is 103 Å². The molecule has 0 radical (unpaired) electrons. The maximum atomic E-state index is 12.5. The van der Waals surface area contributed by atoms with E-state index in [4.69, 9.17) is 14.7 Å². The topological polar surface area (TPSA) is 120 Å². The van der Waals surface area contributed by atoms with E-state index in [2.05, 4.69) is 60.6 Å². The first-order chi connectivity index (χ1) is 23.8. The molecule has 4 atom stereocenters. The molecule has 4 aromatic rings. The van der Waals surface area contributed by atoms with E-state index in [1.54, 1.807) is 5.48 Å². The van der Waals surface area contributed by atoms with Gasteiger partial charge in [0.05, 0.1) is 18.8 Å². The molecule has 49 heavy (non-hydrogen) atoms. The van der Waals surface area contributed by atoms with E-state index >= 15 is 0 Å². The molecule has 1 fully saturated rings. The summed E-state index contributed by atoms with van der Waals surface area (Å²) in [7, 11) is 2.13. The lowest BCUT2D eigenvalue weighted by atomic mass is 9.97. The molecular weight excluding hydrogens is 618 g/mol. The lowest BCUT2D eigenvalue weighted by Gasteiger charge is -2.39. The van der Waals surface area contributed by atoms with E-state index in [9.17, 15) is 14.7 Å². The van der Waals surface area contributed by atoms with Gasteiger partial charge in [-0.25, -0.2) is 5.48 Å². The van der Waals surface area contributed by atoms with Gasteiger partial charge >= 0.3 is 0 Å². The number of amides is 2. The Morgan fingerprint density at radius 1 is 0.837 bits per heavy atom. The number of carbonyl (C=O) groups excluding carboxylic acids is 2. The van der Waals surface area contributed by atoms with Gasteiger partial charge in [0.15, 0.2) is 6.29 Å². The number of hydrogen-bond donors (Lipinski definition) is 4. The van der Waals surface area contributed by atoms with Crippen molar-refractivity contribution in [2.75, 3.05) is 13.6 Å². The molecular formula is C40H47N3O6. The summed E-state index contributed by atoms with van der Waals surface area (Å²) in [6.07, 6.45) is 1.48. The third-order valence-electron chi connectivity index (χ3n) is 9.22. The third-order valence-corrected chi connectivity index (χ3v) is 9.22. The minimum absolute atomic E-state index is 0.00241. The number of aliphatic hydroxyl groups excluding tert-OH is 1. The number of aliphatic hydroxyl groups is 1. The van der Waals surface area contributed by atoms with Gasteiger partial charge in [-0.1, -0.05) is 103 Å². The van der Waals surface area contributed by atoms with Gasteiger partial charge < -0.3 is 19.9 Å². The molecule has 1 heterocycles. The van der Waals surface area contributed by atoms with Gasteiger partial charge in [0.2, 0.25) is 11.8 Å². The standard InChI is InChI=1S/C40H47N3O6/c1-28(30-10-4-3-5-11-30)43(2)26-35-24-37(32-18-16-29(27-44)17-19-32)49-40(48-35)33-22-20-31(21-23-33)36-13-7-6-12-34(36)25-41-38(45)14-8-9-15-39(46)42-47/h3-7,10-13,16-23,28,35,37,40,44,47H,8-9,14-15,24-27H2,1-2H3,(H,41,45)(H,42,46)/t28-,35+,37-,40-/m0/s1. The molecule has 0 unspecified atom stereocenters. The van der Waals surface area contributed by atoms with Crippen LogP contribution in [-0.4, -0.2) is 46.7 Å². The number of rotatable bonds is 15. The number of hydrogen-bond acceptors (Lipinski definition) is 7. The van der Waals surface area contributed by atoms with Crippen LogP contribution >= 0.6 is 0 Å². The molecule has 1 aliphatic heterocycles. The highest BCUT2D eigenvalue weighted by atomic mass is 16.7. The van der Waals surface area contributed by atoms with E-state index < -0.39 is 12.2 Å². The second kappa shape index (κ2) is 17.9.